The molecule has 0 saturated heterocycles. The number of benzene rings is 2. The molecule has 1 aliphatic heterocycles. The van der Waals surface area contributed by atoms with Gasteiger partial charge in [0.1, 0.15) is 0 Å². The molecule has 2 N–H and O–H groups in total. The number of rotatable bonds is 13. The molecule has 8 heteroatoms. The van der Waals surface area contributed by atoms with Crippen LogP contribution in [0.2, 0.25) is 0 Å². The van der Waals surface area contributed by atoms with Crippen molar-refractivity contribution in [2.45, 2.75) is 56.8 Å². The summed E-state index contributed by atoms with van der Waals surface area (Å²) in [5.74, 6) is -1.46. The Balaban J connectivity index is 1.70. The fourth-order valence-corrected chi connectivity index (χ4v) is 6.06. The summed E-state index contributed by atoms with van der Waals surface area (Å²) in [6, 6.07) is 13.8. The molecule has 2 aromatic rings. The maximum Gasteiger partial charge on any atom is 0.228 e. The Bertz CT molecular complexity index is 1100. The van der Waals surface area contributed by atoms with Crippen LogP contribution < -0.4 is 10.6 Å². The van der Waals surface area contributed by atoms with Gasteiger partial charge >= 0.3 is 0 Å². The van der Waals surface area contributed by atoms with Gasteiger partial charge in [-0.2, -0.15) is 0 Å². The van der Waals surface area contributed by atoms with E-state index < -0.39 is 15.8 Å². The fourth-order valence-electron chi connectivity index (χ4n) is 4.48. The Morgan fingerprint density at radius 2 is 1.74 bits per heavy atom. The van der Waals surface area contributed by atoms with Gasteiger partial charge in [-0.1, -0.05) is 44.2 Å². The van der Waals surface area contributed by atoms with Gasteiger partial charge in [0.15, 0.2) is 9.84 Å². The van der Waals surface area contributed by atoms with Crippen molar-refractivity contribution in [1.82, 2.24) is 10.2 Å². The number of hydrogen-bond donors (Lipinski definition) is 2. The standard InChI is InChI=1S/C27H37N3O4S/c1-3-16-30(17-4-2)18-8-15-28-27(32)24(21-9-6-5-7-10-21)20-35(33,34)23-12-13-25-22(19-23)11-14-26(31)29-25/h5-7,9-10,12-13,19,24H,3-4,8,11,14-18,20H2,1-2H3,(H,28,32)(H,29,31). The predicted octanol–water partition coefficient (Wildman–Crippen LogP) is 3.76. The fraction of sp³-hybridized carbons (Fsp3) is 0.481. The number of sulfone groups is 1. The van der Waals surface area contributed by atoms with Crippen LogP contribution in [0.4, 0.5) is 5.69 Å². The molecule has 0 aliphatic carbocycles. The molecule has 1 heterocycles. The summed E-state index contributed by atoms with van der Waals surface area (Å²) < 4.78 is 26.7. The highest BCUT2D eigenvalue weighted by atomic mass is 32.2. The second-order valence-electron chi connectivity index (χ2n) is 9.10. The van der Waals surface area contributed by atoms with E-state index in [0.29, 0.717) is 30.6 Å². The van der Waals surface area contributed by atoms with Crippen molar-refractivity contribution in [3.63, 3.8) is 0 Å². The van der Waals surface area contributed by atoms with Crippen LogP contribution in [0, 0.1) is 0 Å². The maximum absolute atomic E-state index is 13.4. The first-order valence-corrected chi connectivity index (χ1v) is 14.2. The van der Waals surface area contributed by atoms with Gasteiger partial charge in [0.05, 0.1) is 16.6 Å². The lowest BCUT2D eigenvalue weighted by molar-refractivity contribution is -0.122. The second-order valence-corrected chi connectivity index (χ2v) is 11.1. The van der Waals surface area contributed by atoms with E-state index in [1.54, 1.807) is 24.3 Å². The topological polar surface area (TPSA) is 95.6 Å². The number of carbonyl (C=O) groups excluding carboxylic acids is 2. The van der Waals surface area contributed by atoms with Crippen LogP contribution in [0.25, 0.3) is 0 Å². The van der Waals surface area contributed by atoms with E-state index in [-0.39, 0.29) is 22.5 Å². The van der Waals surface area contributed by atoms with Crippen LogP contribution >= 0.6 is 0 Å². The Kier molecular flexibility index (Phi) is 9.86. The lowest BCUT2D eigenvalue weighted by atomic mass is 10.0. The first-order chi connectivity index (χ1) is 16.8. The summed E-state index contributed by atoms with van der Waals surface area (Å²) in [6.07, 6.45) is 3.83. The van der Waals surface area contributed by atoms with Gasteiger partial charge in [0.25, 0.3) is 0 Å². The highest BCUT2D eigenvalue weighted by molar-refractivity contribution is 7.91. The maximum atomic E-state index is 13.4. The number of aryl methyl sites for hydroxylation is 1. The zero-order valence-electron chi connectivity index (χ0n) is 20.8. The predicted molar refractivity (Wildman–Crippen MR) is 139 cm³/mol. The Morgan fingerprint density at radius 3 is 2.43 bits per heavy atom. The van der Waals surface area contributed by atoms with E-state index in [0.717, 1.165) is 44.5 Å². The third kappa shape index (κ3) is 7.64. The van der Waals surface area contributed by atoms with Gasteiger partial charge in [-0.15, -0.1) is 0 Å². The SMILES string of the molecule is CCCN(CCC)CCCNC(=O)C(CS(=O)(=O)c1ccc2c(c1)CCC(=O)N2)c1ccccc1. The Morgan fingerprint density at radius 1 is 1.03 bits per heavy atom. The van der Waals surface area contributed by atoms with Crippen LogP contribution in [-0.2, 0) is 25.8 Å². The number of carbonyl (C=O) groups is 2. The zero-order chi connectivity index (χ0) is 25.3. The van der Waals surface area contributed by atoms with Crippen molar-refractivity contribution in [3.05, 3.63) is 59.7 Å². The zero-order valence-corrected chi connectivity index (χ0v) is 21.6. The molecular formula is C27H37N3O4S. The number of anilines is 1. The minimum atomic E-state index is -3.74. The smallest absolute Gasteiger partial charge is 0.228 e. The third-order valence-electron chi connectivity index (χ3n) is 6.27. The summed E-state index contributed by atoms with van der Waals surface area (Å²) >= 11 is 0. The molecule has 1 unspecified atom stereocenters. The number of fused-ring (bicyclic) bond motifs is 1. The molecule has 0 saturated carbocycles. The molecule has 7 nitrogen and oxygen atoms in total. The van der Waals surface area contributed by atoms with Gasteiger partial charge in [0.2, 0.25) is 11.8 Å². The number of amides is 2. The summed E-state index contributed by atoms with van der Waals surface area (Å²) in [4.78, 5) is 27.4. The van der Waals surface area contributed by atoms with E-state index in [4.69, 9.17) is 0 Å². The average Bonchev–Trinajstić information content (AvgIpc) is 2.85. The Labute approximate surface area is 209 Å². The third-order valence-corrected chi connectivity index (χ3v) is 8.01. The molecule has 1 atom stereocenters. The molecular weight excluding hydrogens is 462 g/mol. The van der Waals surface area contributed by atoms with Crippen LogP contribution in [0.5, 0.6) is 0 Å². The van der Waals surface area contributed by atoms with Crippen LogP contribution in [0.15, 0.2) is 53.4 Å². The van der Waals surface area contributed by atoms with Gasteiger partial charge in [-0.05, 0) is 74.6 Å². The normalized spacial score (nSPS) is 14.3. The molecule has 0 radical (unpaired) electrons. The number of hydrogen-bond acceptors (Lipinski definition) is 5. The van der Waals surface area contributed by atoms with Crippen molar-refractivity contribution in [1.29, 1.82) is 0 Å². The second kappa shape index (κ2) is 12.8. The lowest BCUT2D eigenvalue weighted by Crippen LogP contribution is -2.35. The van der Waals surface area contributed by atoms with Crippen LogP contribution in [0.1, 0.15) is 56.6 Å². The van der Waals surface area contributed by atoms with E-state index in [1.165, 1.54) is 6.07 Å². The minimum Gasteiger partial charge on any atom is -0.355 e. The molecule has 0 aromatic heterocycles. The van der Waals surface area contributed by atoms with Gasteiger partial charge < -0.3 is 15.5 Å². The summed E-state index contributed by atoms with van der Waals surface area (Å²) in [7, 11) is -3.74. The van der Waals surface area contributed by atoms with E-state index >= 15 is 0 Å². The molecule has 2 amide bonds. The van der Waals surface area contributed by atoms with Crippen molar-refractivity contribution in [2.24, 2.45) is 0 Å². The van der Waals surface area contributed by atoms with Gasteiger partial charge in [-0.25, -0.2) is 8.42 Å². The van der Waals surface area contributed by atoms with Crippen LogP contribution in [0.3, 0.4) is 0 Å². The molecule has 35 heavy (non-hydrogen) atoms. The van der Waals surface area contributed by atoms with E-state index in [1.807, 2.05) is 18.2 Å². The van der Waals surface area contributed by atoms with Gasteiger partial charge in [-0.3, -0.25) is 9.59 Å². The number of nitrogens with one attached hydrogen (secondary N) is 2. The molecule has 0 bridgehead atoms. The first-order valence-electron chi connectivity index (χ1n) is 12.5. The lowest BCUT2D eigenvalue weighted by Gasteiger charge is -2.22. The van der Waals surface area contributed by atoms with Crippen molar-refractivity contribution < 1.29 is 18.0 Å². The molecule has 0 fully saturated rings. The molecule has 0 spiro atoms. The molecule has 2 aromatic carbocycles. The largest absolute Gasteiger partial charge is 0.355 e. The quantitative estimate of drug-likeness (QED) is 0.409. The Hall–Kier alpha value is -2.71. The van der Waals surface area contributed by atoms with Crippen molar-refractivity contribution >= 4 is 27.3 Å². The van der Waals surface area contributed by atoms with Crippen LogP contribution in [-0.4, -0.2) is 57.1 Å². The highest BCUT2D eigenvalue weighted by Crippen LogP contribution is 2.28. The highest BCUT2D eigenvalue weighted by Gasteiger charge is 2.29. The minimum absolute atomic E-state index is 0.0681. The van der Waals surface area contributed by atoms with Crippen molar-refractivity contribution in [3.8, 4) is 0 Å². The summed E-state index contributed by atoms with van der Waals surface area (Å²) in [5.41, 5.74) is 2.13. The van der Waals surface area contributed by atoms with Crippen molar-refractivity contribution in [2.75, 3.05) is 37.2 Å². The average molecular weight is 500 g/mol. The van der Waals surface area contributed by atoms with Gasteiger partial charge in [0, 0.05) is 18.7 Å². The van der Waals surface area contributed by atoms with E-state index in [2.05, 4.69) is 29.4 Å². The molecule has 3 rings (SSSR count). The molecule has 1 aliphatic rings. The monoisotopic (exact) mass is 499 g/mol. The van der Waals surface area contributed by atoms with E-state index in [9.17, 15) is 18.0 Å². The summed E-state index contributed by atoms with van der Waals surface area (Å²) in [6.45, 7) is 7.81. The number of nitrogens with zero attached hydrogens (tertiary/aromatic N) is 1. The molecule has 190 valence electrons. The first kappa shape index (κ1) is 26.9. The summed E-state index contributed by atoms with van der Waals surface area (Å²) in [5, 5.41) is 5.75.